The molecule has 1 aliphatic carbocycles. The Labute approximate surface area is 240 Å². The van der Waals surface area contributed by atoms with Gasteiger partial charge in [-0.1, -0.05) is 36.4 Å². The molecule has 5 heterocycles. The summed E-state index contributed by atoms with van der Waals surface area (Å²) in [5.74, 6) is 0. The fourth-order valence-corrected chi connectivity index (χ4v) is 7.47. The normalized spacial score (nSPS) is 22.2. The zero-order chi connectivity index (χ0) is 27.5. The average molecular weight is 542 g/mol. The molecule has 2 bridgehead atoms. The molecule has 0 spiro atoms. The van der Waals surface area contributed by atoms with Gasteiger partial charge in [-0.05, 0) is 92.0 Å². The molecule has 41 heavy (non-hydrogen) atoms. The van der Waals surface area contributed by atoms with Crippen LogP contribution in [-0.4, -0.2) is 56.4 Å². The summed E-state index contributed by atoms with van der Waals surface area (Å²) in [6.07, 6.45) is 9.94. The lowest BCUT2D eigenvalue weighted by Gasteiger charge is -2.56. The van der Waals surface area contributed by atoms with Crippen LogP contribution in [0.5, 0.6) is 0 Å². The van der Waals surface area contributed by atoms with Crippen molar-refractivity contribution >= 4 is 11.0 Å². The van der Waals surface area contributed by atoms with Gasteiger partial charge in [-0.3, -0.25) is 15.0 Å². The van der Waals surface area contributed by atoms with Crippen LogP contribution in [0.25, 0.3) is 44.7 Å². The lowest BCUT2D eigenvalue weighted by Crippen LogP contribution is -2.66. The Morgan fingerprint density at radius 1 is 0.805 bits per heavy atom. The predicted octanol–water partition coefficient (Wildman–Crippen LogP) is 6.69. The Hall–Kier alpha value is -3.87. The maximum absolute atomic E-state index is 5.75. The molecule has 1 N–H and O–H groups in total. The van der Waals surface area contributed by atoms with Crippen LogP contribution in [-0.2, 0) is 17.6 Å². The van der Waals surface area contributed by atoms with Crippen molar-refractivity contribution in [3.63, 3.8) is 0 Å². The van der Waals surface area contributed by atoms with Crippen molar-refractivity contribution in [2.75, 3.05) is 13.2 Å². The fourth-order valence-electron chi connectivity index (χ4n) is 7.47. The minimum atomic E-state index is 0.649. The minimum absolute atomic E-state index is 0.649. The molecule has 5 aromatic rings. The van der Waals surface area contributed by atoms with Crippen molar-refractivity contribution in [1.82, 2.24) is 25.1 Å². The Morgan fingerprint density at radius 3 is 2.44 bits per heavy atom. The Bertz CT molecular complexity index is 1760. The van der Waals surface area contributed by atoms with E-state index in [1.54, 1.807) is 0 Å². The molecule has 0 amide bonds. The van der Waals surface area contributed by atoms with Gasteiger partial charge in [0.2, 0.25) is 0 Å². The number of ether oxygens (including phenoxy) is 1. The van der Waals surface area contributed by atoms with Gasteiger partial charge in [-0.15, -0.1) is 0 Å². The first-order valence-corrected chi connectivity index (χ1v) is 15.0. The molecule has 6 heteroatoms. The van der Waals surface area contributed by atoms with E-state index in [0.717, 1.165) is 65.2 Å². The molecule has 3 aromatic heterocycles. The Kier molecular flexibility index (Phi) is 6.01. The fraction of sp³-hybridized carbons (Fsp3) is 0.343. The first kappa shape index (κ1) is 24.9. The largest absolute Gasteiger partial charge is 0.378 e. The molecule has 2 saturated heterocycles. The third-order valence-corrected chi connectivity index (χ3v) is 9.65. The van der Waals surface area contributed by atoms with E-state index in [0.29, 0.717) is 18.1 Å². The van der Waals surface area contributed by atoms with E-state index in [1.807, 2.05) is 18.5 Å². The van der Waals surface area contributed by atoms with Gasteiger partial charge >= 0.3 is 0 Å². The molecule has 3 aliphatic rings. The molecular formula is C35H35N5O. The summed E-state index contributed by atoms with van der Waals surface area (Å²) < 4.78 is 5.75. The first-order chi connectivity index (χ1) is 20.1. The molecule has 2 aromatic carbocycles. The Morgan fingerprint density at radius 2 is 1.63 bits per heavy atom. The maximum Gasteiger partial charge on any atom is 0.181 e. The van der Waals surface area contributed by atoms with Gasteiger partial charge in [0.1, 0.15) is 0 Å². The number of nitrogens with one attached hydrogen (secondary N) is 1. The number of aryl methyl sites for hydroxylation is 4. The minimum Gasteiger partial charge on any atom is -0.378 e. The maximum atomic E-state index is 5.75. The molecule has 2 aliphatic heterocycles. The van der Waals surface area contributed by atoms with Crippen molar-refractivity contribution < 1.29 is 4.74 Å². The van der Waals surface area contributed by atoms with Crippen LogP contribution in [0, 0.1) is 13.8 Å². The number of fused-ring (bicyclic) bond motifs is 4. The second-order valence-corrected chi connectivity index (χ2v) is 12.1. The lowest BCUT2D eigenvalue weighted by atomic mass is 9.87. The molecule has 0 radical (unpaired) electrons. The topological polar surface area (TPSA) is 66.9 Å². The molecule has 8 rings (SSSR count). The standard InChI is InChI=1S/C35H35N5O/c1-21-4-3-13-36-33(21)26-9-12-31(22(2)14-26)34-32-16-27(18-37-35(32)39-38-34)25-6-5-23-7-10-28(11-8-24(23)15-25)40-29-17-30(40)20-41-19-29/h3-6,9,12-16,18,28-30H,7-8,10-11,17,19-20H2,1-2H3,(H,37,38,39)/t28-,29?,30?/m0/s1. The summed E-state index contributed by atoms with van der Waals surface area (Å²) in [7, 11) is 0. The predicted molar refractivity (Wildman–Crippen MR) is 163 cm³/mol. The van der Waals surface area contributed by atoms with Crippen LogP contribution in [0.4, 0.5) is 0 Å². The number of rotatable bonds is 4. The van der Waals surface area contributed by atoms with Gasteiger partial charge < -0.3 is 4.74 Å². The van der Waals surface area contributed by atoms with Crippen molar-refractivity contribution in [3.8, 4) is 33.6 Å². The molecular weight excluding hydrogens is 506 g/mol. The highest BCUT2D eigenvalue weighted by molar-refractivity contribution is 5.94. The van der Waals surface area contributed by atoms with E-state index in [-0.39, 0.29) is 0 Å². The molecule has 2 unspecified atom stereocenters. The van der Waals surface area contributed by atoms with Crippen LogP contribution in [0.15, 0.2) is 67.0 Å². The van der Waals surface area contributed by atoms with Gasteiger partial charge in [0, 0.05) is 52.6 Å². The lowest BCUT2D eigenvalue weighted by molar-refractivity contribution is -0.148. The number of nitrogens with zero attached hydrogens (tertiary/aromatic N) is 4. The third-order valence-electron chi connectivity index (χ3n) is 9.65. The number of aromatic nitrogens is 4. The van der Waals surface area contributed by atoms with Gasteiger partial charge in [0.25, 0.3) is 0 Å². The number of benzene rings is 2. The molecule has 206 valence electrons. The third kappa shape index (κ3) is 4.28. The number of pyridine rings is 2. The van der Waals surface area contributed by atoms with Crippen LogP contribution >= 0.6 is 0 Å². The van der Waals surface area contributed by atoms with Gasteiger partial charge in [0.05, 0.1) is 24.6 Å². The van der Waals surface area contributed by atoms with Gasteiger partial charge in [-0.2, -0.15) is 5.10 Å². The Balaban J connectivity index is 1.08. The van der Waals surface area contributed by atoms with Gasteiger partial charge in [-0.25, -0.2) is 4.98 Å². The SMILES string of the molecule is Cc1cc(-c2ncccc2C)ccc1-c1[nH]nc2ncc(-c3ccc4c(c3)CC[C@@H](N3C5COCC3C5)CC4)cc12. The van der Waals surface area contributed by atoms with E-state index in [2.05, 4.69) is 82.5 Å². The van der Waals surface area contributed by atoms with E-state index in [1.165, 1.54) is 47.1 Å². The zero-order valence-electron chi connectivity index (χ0n) is 23.7. The van der Waals surface area contributed by atoms with Crippen molar-refractivity contribution in [3.05, 3.63) is 89.2 Å². The monoisotopic (exact) mass is 541 g/mol. The van der Waals surface area contributed by atoms with E-state index < -0.39 is 0 Å². The first-order valence-electron chi connectivity index (χ1n) is 15.0. The molecule has 6 nitrogen and oxygen atoms in total. The van der Waals surface area contributed by atoms with E-state index >= 15 is 0 Å². The molecule has 0 saturated carbocycles. The summed E-state index contributed by atoms with van der Waals surface area (Å²) in [6.45, 7) is 6.10. The number of hydrogen-bond donors (Lipinski definition) is 1. The summed E-state index contributed by atoms with van der Waals surface area (Å²) in [6, 6.07) is 21.9. The quantitative estimate of drug-likeness (QED) is 0.257. The number of hydrogen-bond acceptors (Lipinski definition) is 5. The number of aromatic amines is 1. The zero-order valence-corrected chi connectivity index (χ0v) is 23.7. The number of morpholine rings is 1. The van der Waals surface area contributed by atoms with Crippen molar-refractivity contribution in [1.29, 1.82) is 0 Å². The van der Waals surface area contributed by atoms with Crippen molar-refractivity contribution in [2.24, 2.45) is 0 Å². The summed E-state index contributed by atoms with van der Waals surface area (Å²) in [5, 5.41) is 8.88. The average Bonchev–Trinajstić information content (AvgIpc) is 3.31. The van der Waals surface area contributed by atoms with E-state index in [4.69, 9.17) is 9.72 Å². The highest BCUT2D eigenvalue weighted by Gasteiger charge is 2.45. The smallest absolute Gasteiger partial charge is 0.181 e. The molecule has 2 fully saturated rings. The van der Waals surface area contributed by atoms with E-state index in [9.17, 15) is 0 Å². The summed E-state index contributed by atoms with van der Waals surface area (Å²) >= 11 is 0. The summed E-state index contributed by atoms with van der Waals surface area (Å²) in [5.41, 5.74) is 12.8. The van der Waals surface area contributed by atoms with Crippen molar-refractivity contribution in [2.45, 2.75) is 64.1 Å². The molecule has 3 atom stereocenters. The highest BCUT2D eigenvalue weighted by Crippen LogP contribution is 2.38. The van der Waals surface area contributed by atoms with Crippen LogP contribution in [0.2, 0.25) is 0 Å². The second-order valence-electron chi connectivity index (χ2n) is 12.1. The number of H-pyrrole nitrogens is 1. The highest BCUT2D eigenvalue weighted by atomic mass is 16.5. The van der Waals surface area contributed by atoms with Crippen LogP contribution in [0.3, 0.4) is 0 Å². The second kappa shape index (κ2) is 9.89. The summed E-state index contributed by atoms with van der Waals surface area (Å²) in [4.78, 5) is 12.1. The van der Waals surface area contributed by atoms with Crippen LogP contribution < -0.4 is 0 Å². The van der Waals surface area contributed by atoms with Crippen LogP contribution in [0.1, 0.15) is 41.5 Å². The van der Waals surface area contributed by atoms with Gasteiger partial charge in [0.15, 0.2) is 5.65 Å².